The molecule has 248 valence electrons. The van der Waals surface area contributed by atoms with E-state index in [0.717, 1.165) is 31.1 Å². The smallest absolute Gasteiger partial charge is 0.407 e. The van der Waals surface area contributed by atoms with Gasteiger partial charge in [0.25, 0.3) is 0 Å². The molecule has 1 aromatic rings. The molecule has 13 nitrogen and oxygen atoms in total. The van der Waals surface area contributed by atoms with Gasteiger partial charge in [-0.15, -0.1) is 0 Å². The van der Waals surface area contributed by atoms with Crippen LogP contribution in [0.3, 0.4) is 0 Å². The van der Waals surface area contributed by atoms with E-state index in [9.17, 15) is 24.0 Å². The zero-order valence-electron chi connectivity index (χ0n) is 25.6. The quantitative estimate of drug-likeness (QED) is 0.0711. The molecular formula is C29H40N4O9S3. The summed E-state index contributed by atoms with van der Waals surface area (Å²) in [6.45, 7) is 14.8. The van der Waals surface area contributed by atoms with Crippen molar-refractivity contribution in [1.29, 1.82) is 0 Å². The van der Waals surface area contributed by atoms with Crippen molar-refractivity contribution in [2.75, 3.05) is 38.7 Å². The van der Waals surface area contributed by atoms with Crippen molar-refractivity contribution in [3.63, 3.8) is 0 Å². The predicted octanol–water partition coefficient (Wildman–Crippen LogP) is 3.89. The Morgan fingerprint density at radius 2 is 1.51 bits per heavy atom. The van der Waals surface area contributed by atoms with Crippen molar-refractivity contribution in [2.45, 2.75) is 50.4 Å². The molecule has 2 atom stereocenters. The molecule has 3 N–H and O–H groups in total. The van der Waals surface area contributed by atoms with Gasteiger partial charge < -0.3 is 29.6 Å². The maximum atomic E-state index is 12.9. The highest BCUT2D eigenvalue weighted by Gasteiger charge is 2.42. The fraction of sp³-hybridized carbons (Fsp3) is 0.552. The second kappa shape index (κ2) is 17.3. The van der Waals surface area contributed by atoms with Crippen LogP contribution in [0.25, 0.3) is 0 Å². The molecule has 0 aliphatic heterocycles. The first-order valence-corrected chi connectivity index (χ1v) is 16.1. The predicted molar refractivity (Wildman–Crippen MR) is 171 cm³/mol. The summed E-state index contributed by atoms with van der Waals surface area (Å²) in [6.07, 6.45) is 4.16. The van der Waals surface area contributed by atoms with Crippen molar-refractivity contribution < 1.29 is 42.9 Å². The lowest BCUT2D eigenvalue weighted by Gasteiger charge is -2.46. The zero-order valence-corrected chi connectivity index (χ0v) is 28.1. The molecule has 1 fully saturated rings. The summed E-state index contributed by atoms with van der Waals surface area (Å²) in [7, 11) is 0. The molecule has 0 saturated heterocycles. The van der Waals surface area contributed by atoms with E-state index in [1.54, 1.807) is 0 Å². The number of alkyl carbamates (subject to hydrolysis) is 1. The minimum absolute atomic E-state index is 0.117. The number of nitrogens with zero attached hydrogens (tertiary/aromatic N) is 1. The van der Waals surface area contributed by atoms with Gasteiger partial charge in [0, 0.05) is 30.8 Å². The molecule has 0 radical (unpaired) electrons. The molecule has 2 unspecified atom stereocenters. The largest absolute Gasteiger partial charge is 0.462 e. The van der Waals surface area contributed by atoms with Gasteiger partial charge in [0.2, 0.25) is 5.91 Å². The number of hydrogen-bond donors (Lipinski definition) is 3. The lowest BCUT2D eigenvalue weighted by molar-refractivity contribution is -0.159. The number of carbonyl (C=O) groups is 5. The van der Waals surface area contributed by atoms with Crippen molar-refractivity contribution in [3.8, 4) is 0 Å². The maximum Gasteiger partial charge on any atom is 0.407 e. The van der Waals surface area contributed by atoms with Gasteiger partial charge in [-0.05, 0) is 42.3 Å². The van der Waals surface area contributed by atoms with Crippen LogP contribution in [0.15, 0.2) is 42.3 Å². The minimum atomic E-state index is -1.44. The van der Waals surface area contributed by atoms with Crippen LogP contribution in [0.2, 0.25) is 0 Å². The average molecular weight is 685 g/mol. The Balaban J connectivity index is 2.05. The van der Waals surface area contributed by atoms with Crippen LogP contribution in [-0.4, -0.2) is 84.9 Å². The number of hydrogen-bond acceptors (Lipinski definition) is 13. The third-order valence-corrected chi connectivity index (χ3v) is 9.02. The number of aromatic nitrogens is 2. The standard InChI is InChI=1S/C29H40N4O9S3/c1-7-21(35)39-15-29(16-40-22(36)8-2,17-41-23(37)9-3)18-42-24(38)30-14-28(6)11-19(10-27(4,5)13-28)31-20(34)12-44-26-33-32-25(43)45-26/h7-9,19H,1-3,10-18H2,4-6H3,(H,30,38)(H,31,34)(H,32,43). The van der Waals surface area contributed by atoms with Crippen LogP contribution in [-0.2, 0) is 38.1 Å². The number of thioether (sulfide) groups is 1. The highest BCUT2D eigenvalue weighted by molar-refractivity contribution is 8.01. The topological polar surface area (TPSA) is 175 Å². The van der Waals surface area contributed by atoms with Gasteiger partial charge in [-0.1, -0.05) is 63.6 Å². The first-order chi connectivity index (χ1) is 21.1. The molecule has 45 heavy (non-hydrogen) atoms. The third kappa shape index (κ3) is 13.6. The Kier molecular flexibility index (Phi) is 14.5. The minimum Gasteiger partial charge on any atom is -0.462 e. The number of esters is 3. The summed E-state index contributed by atoms with van der Waals surface area (Å²) in [5.41, 5.74) is -1.96. The number of H-pyrrole nitrogens is 1. The molecule has 1 aromatic heterocycles. The fourth-order valence-electron chi connectivity index (χ4n) is 5.20. The number of amides is 2. The van der Waals surface area contributed by atoms with Crippen molar-refractivity contribution >= 4 is 65.2 Å². The molecule has 2 rings (SSSR count). The zero-order chi connectivity index (χ0) is 33.7. The van der Waals surface area contributed by atoms with Gasteiger partial charge in [0.1, 0.15) is 31.8 Å². The molecule has 1 heterocycles. The lowest BCUT2D eigenvalue weighted by atomic mass is 9.62. The summed E-state index contributed by atoms with van der Waals surface area (Å²) in [5, 5.41) is 12.7. The van der Waals surface area contributed by atoms with Crippen LogP contribution in [0, 0.1) is 20.2 Å². The number of aromatic amines is 1. The number of nitrogens with one attached hydrogen (secondary N) is 3. The van der Waals surface area contributed by atoms with E-state index in [0.29, 0.717) is 14.7 Å². The van der Waals surface area contributed by atoms with Crippen molar-refractivity contribution in [2.24, 2.45) is 16.2 Å². The normalized spacial score (nSPS) is 18.9. The van der Waals surface area contributed by atoms with E-state index < -0.39 is 55.8 Å². The third-order valence-electron chi connectivity index (χ3n) is 6.78. The highest BCUT2D eigenvalue weighted by atomic mass is 32.2. The Morgan fingerprint density at radius 3 is 2.00 bits per heavy atom. The monoisotopic (exact) mass is 684 g/mol. The van der Waals surface area contributed by atoms with Gasteiger partial charge in [-0.25, -0.2) is 19.2 Å². The Hall–Kier alpha value is -3.50. The number of carbonyl (C=O) groups excluding carboxylic acids is 5. The lowest BCUT2D eigenvalue weighted by Crippen LogP contribution is -2.51. The molecule has 2 amide bonds. The maximum absolute atomic E-state index is 12.9. The second-order valence-electron chi connectivity index (χ2n) is 11.9. The average Bonchev–Trinajstić information content (AvgIpc) is 3.41. The molecule has 1 aliphatic rings. The molecule has 0 spiro atoms. The van der Waals surface area contributed by atoms with E-state index in [1.807, 2.05) is 6.92 Å². The van der Waals surface area contributed by atoms with E-state index in [2.05, 4.69) is 54.4 Å². The van der Waals surface area contributed by atoms with Gasteiger partial charge in [0.05, 0.1) is 5.75 Å². The molecular weight excluding hydrogens is 645 g/mol. The van der Waals surface area contributed by atoms with E-state index in [1.165, 1.54) is 23.1 Å². The van der Waals surface area contributed by atoms with Gasteiger partial charge in [0.15, 0.2) is 8.29 Å². The Bertz CT molecular complexity index is 1270. The molecule has 16 heteroatoms. The number of ether oxygens (including phenoxy) is 4. The van der Waals surface area contributed by atoms with Crippen LogP contribution >= 0.6 is 35.3 Å². The van der Waals surface area contributed by atoms with Crippen LogP contribution < -0.4 is 10.6 Å². The van der Waals surface area contributed by atoms with Gasteiger partial charge in [-0.2, -0.15) is 5.10 Å². The van der Waals surface area contributed by atoms with Crippen LogP contribution in [0.1, 0.15) is 40.0 Å². The van der Waals surface area contributed by atoms with Crippen molar-refractivity contribution in [3.05, 3.63) is 41.9 Å². The SMILES string of the molecule is C=CC(=O)OCC(COC(=O)C=C)(COC(=O)C=C)COC(=O)NCC1(C)CC(NC(=O)CSc2n[nH]c(=S)s2)CC(C)(C)C1. The van der Waals surface area contributed by atoms with E-state index in [4.69, 9.17) is 31.2 Å². The first kappa shape index (κ1) is 37.7. The Morgan fingerprint density at radius 1 is 0.978 bits per heavy atom. The van der Waals surface area contributed by atoms with Crippen molar-refractivity contribution in [1.82, 2.24) is 20.8 Å². The van der Waals surface area contributed by atoms with Crippen LogP contribution in [0.5, 0.6) is 0 Å². The van der Waals surface area contributed by atoms with Gasteiger partial charge >= 0.3 is 24.0 Å². The van der Waals surface area contributed by atoms with E-state index in [-0.39, 0.29) is 35.1 Å². The first-order valence-electron chi connectivity index (χ1n) is 13.9. The molecule has 0 aromatic carbocycles. The second-order valence-corrected chi connectivity index (χ2v) is 14.7. The summed E-state index contributed by atoms with van der Waals surface area (Å²) in [6, 6.07) is -0.117. The summed E-state index contributed by atoms with van der Waals surface area (Å²) < 4.78 is 22.2. The summed E-state index contributed by atoms with van der Waals surface area (Å²) in [4.78, 5) is 61.0. The van der Waals surface area contributed by atoms with E-state index >= 15 is 0 Å². The highest BCUT2D eigenvalue weighted by Crippen LogP contribution is 2.45. The fourth-order valence-corrected chi connectivity index (χ4v) is 7.09. The molecule has 0 bridgehead atoms. The van der Waals surface area contributed by atoms with Crippen LogP contribution in [0.4, 0.5) is 4.79 Å². The van der Waals surface area contributed by atoms with Gasteiger partial charge in [-0.3, -0.25) is 9.89 Å². The molecule has 1 saturated carbocycles. The number of rotatable bonds is 17. The summed E-state index contributed by atoms with van der Waals surface area (Å²) >= 11 is 7.64. The Labute approximate surface area is 275 Å². The molecule has 1 aliphatic carbocycles. The summed E-state index contributed by atoms with van der Waals surface area (Å²) in [5.74, 6) is -2.28.